The first-order valence-electron chi connectivity index (χ1n) is 18.8. The van der Waals surface area contributed by atoms with Crippen molar-refractivity contribution >= 4 is 5.97 Å². The number of benzene rings is 4. The van der Waals surface area contributed by atoms with Crippen LogP contribution in [0.1, 0.15) is 62.8 Å². The summed E-state index contributed by atoms with van der Waals surface area (Å²) in [6.07, 6.45) is -3.46. The molecule has 0 amide bonds. The van der Waals surface area contributed by atoms with Gasteiger partial charge in [0.25, 0.3) is 0 Å². The molecule has 6 rings (SSSR count). The van der Waals surface area contributed by atoms with E-state index in [4.69, 9.17) is 28.4 Å². The van der Waals surface area contributed by atoms with E-state index in [1.54, 1.807) is 0 Å². The van der Waals surface area contributed by atoms with Crippen molar-refractivity contribution in [1.29, 1.82) is 0 Å². The van der Waals surface area contributed by atoms with Crippen molar-refractivity contribution in [3.05, 3.63) is 155 Å². The van der Waals surface area contributed by atoms with Gasteiger partial charge in [-0.25, -0.2) is 4.79 Å². The highest BCUT2D eigenvalue weighted by atomic mass is 19.3. The largest absolute Gasteiger partial charge is 0.486 e. The summed E-state index contributed by atoms with van der Waals surface area (Å²) in [4.78, 5) is 12.5. The van der Waals surface area contributed by atoms with Gasteiger partial charge in [0, 0.05) is 11.8 Å². The van der Waals surface area contributed by atoms with E-state index in [0.29, 0.717) is 26.2 Å². The van der Waals surface area contributed by atoms with Crippen molar-refractivity contribution in [2.75, 3.05) is 0 Å². The Labute approximate surface area is 318 Å². The molecule has 7 nitrogen and oxygen atoms in total. The highest BCUT2D eigenvalue weighted by Gasteiger charge is 2.46. The quantitative estimate of drug-likeness (QED) is 0.119. The van der Waals surface area contributed by atoms with Gasteiger partial charge in [0.05, 0.1) is 32.5 Å². The first-order chi connectivity index (χ1) is 26.3. The van der Waals surface area contributed by atoms with E-state index in [0.717, 1.165) is 28.7 Å². The van der Waals surface area contributed by atoms with E-state index < -0.39 is 30.2 Å². The molecule has 0 aromatic heterocycles. The Morgan fingerprint density at radius 2 is 0.852 bits per heavy atom. The number of hydrogen-bond donors (Lipinski definition) is 0. The standard InChI is InChI=1S/C23H26F2O3.C22H26O4/c1-3-19-16(2)20(26-14-17-10-6-4-7-11-17)21(22(28-19)23(24)25)27-15-18-12-8-5-9-13-18;1-3-19-16(2)20(24-14-17-10-6-4-7-11-17)21(22(23)26-19)25-15-18-12-8-5-9-13-18/h4-13,16,19-21H,3,14-15H2,1-2H3;4-13,16,19-21H,3,14-15H2,1-2H3/t2*16?,19-,20+,21-/m11/s1. The van der Waals surface area contributed by atoms with E-state index >= 15 is 0 Å². The highest BCUT2D eigenvalue weighted by Crippen LogP contribution is 2.37. The maximum Gasteiger partial charge on any atom is 0.338 e. The highest BCUT2D eigenvalue weighted by molar-refractivity contribution is 5.76. The van der Waals surface area contributed by atoms with Crippen LogP contribution in [0.4, 0.5) is 8.78 Å². The van der Waals surface area contributed by atoms with Crippen molar-refractivity contribution in [3.8, 4) is 0 Å². The fourth-order valence-electron chi connectivity index (χ4n) is 6.85. The molecule has 0 N–H and O–H groups in total. The third-order valence-electron chi connectivity index (χ3n) is 9.95. The lowest BCUT2D eigenvalue weighted by molar-refractivity contribution is -0.207. The van der Waals surface area contributed by atoms with E-state index in [9.17, 15) is 13.6 Å². The fourth-order valence-corrected chi connectivity index (χ4v) is 6.85. The molecule has 0 radical (unpaired) electrons. The average molecular weight is 743 g/mol. The Bertz CT molecular complexity index is 1700. The van der Waals surface area contributed by atoms with Gasteiger partial charge >= 0.3 is 12.0 Å². The third kappa shape index (κ3) is 11.3. The SMILES string of the molecule is CC[C@H]1OC(=C(F)F)[C@H](OCc2ccccc2)[C@@H](OCc2ccccc2)C1C.CC[C@H]1OC(=O)[C@H](OCc2ccccc2)[C@@H](OCc2ccccc2)C1C. The van der Waals surface area contributed by atoms with Crippen molar-refractivity contribution in [1.82, 2.24) is 0 Å². The first-order valence-corrected chi connectivity index (χ1v) is 18.8. The molecule has 9 heteroatoms. The maximum absolute atomic E-state index is 13.7. The summed E-state index contributed by atoms with van der Waals surface area (Å²) in [7, 11) is 0. The first kappa shape index (κ1) is 40.8. The molecule has 0 aliphatic carbocycles. The number of halogens is 2. The van der Waals surface area contributed by atoms with Gasteiger partial charge in [0.15, 0.2) is 11.9 Å². The summed E-state index contributed by atoms with van der Waals surface area (Å²) in [6, 6.07) is 39.0. The van der Waals surface area contributed by atoms with Crippen molar-refractivity contribution in [3.63, 3.8) is 0 Å². The van der Waals surface area contributed by atoms with Crippen molar-refractivity contribution in [2.45, 2.75) is 104 Å². The lowest BCUT2D eigenvalue weighted by atomic mass is 9.88. The maximum atomic E-state index is 13.7. The average Bonchev–Trinajstić information content (AvgIpc) is 3.21. The Kier molecular flexibility index (Phi) is 15.8. The van der Waals surface area contributed by atoms with Crippen molar-refractivity contribution < 1.29 is 42.0 Å². The van der Waals surface area contributed by atoms with Gasteiger partial charge < -0.3 is 28.4 Å². The minimum Gasteiger partial charge on any atom is -0.486 e. The van der Waals surface area contributed by atoms with Crippen LogP contribution in [0.2, 0.25) is 0 Å². The van der Waals surface area contributed by atoms with Crippen molar-refractivity contribution in [2.24, 2.45) is 11.8 Å². The van der Waals surface area contributed by atoms with Crippen LogP contribution in [0.3, 0.4) is 0 Å². The molecule has 2 heterocycles. The molecule has 2 saturated heterocycles. The zero-order chi connectivity index (χ0) is 38.3. The molecule has 54 heavy (non-hydrogen) atoms. The number of esters is 1. The summed E-state index contributed by atoms with van der Waals surface area (Å²) in [5, 5.41) is 0. The second-order valence-electron chi connectivity index (χ2n) is 13.7. The van der Waals surface area contributed by atoms with Gasteiger partial charge in [-0.05, 0) is 35.1 Å². The van der Waals surface area contributed by atoms with Gasteiger partial charge in [-0.2, -0.15) is 8.78 Å². The molecule has 288 valence electrons. The predicted octanol–water partition coefficient (Wildman–Crippen LogP) is 9.84. The van der Waals surface area contributed by atoms with Gasteiger partial charge in [0.1, 0.15) is 24.4 Å². The summed E-state index contributed by atoms with van der Waals surface area (Å²) in [5.74, 6) is -0.748. The monoisotopic (exact) mass is 742 g/mol. The predicted molar refractivity (Wildman–Crippen MR) is 203 cm³/mol. The van der Waals surface area contributed by atoms with Crippen LogP contribution in [0.5, 0.6) is 0 Å². The van der Waals surface area contributed by atoms with Crippen LogP contribution >= 0.6 is 0 Å². The van der Waals surface area contributed by atoms with Gasteiger partial charge in [-0.3, -0.25) is 0 Å². The number of hydrogen-bond acceptors (Lipinski definition) is 7. The zero-order valence-corrected chi connectivity index (χ0v) is 31.5. The Hall–Kier alpha value is -4.41. The lowest BCUT2D eigenvalue weighted by Gasteiger charge is -2.42. The molecule has 4 aromatic carbocycles. The van der Waals surface area contributed by atoms with E-state index in [2.05, 4.69) is 6.92 Å². The van der Waals surface area contributed by atoms with Gasteiger partial charge in [-0.1, -0.05) is 149 Å². The van der Waals surface area contributed by atoms with Crippen LogP contribution in [-0.4, -0.2) is 42.6 Å². The Morgan fingerprint density at radius 1 is 0.519 bits per heavy atom. The van der Waals surface area contributed by atoms with E-state index in [1.807, 2.05) is 142 Å². The van der Waals surface area contributed by atoms with Crippen LogP contribution < -0.4 is 0 Å². The van der Waals surface area contributed by atoms with Crippen LogP contribution in [-0.2, 0) is 59.6 Å². The molecule has 8 atom stereocenters. The van der Waals surface area contributed by atoms with Crippen LogP contribution in [0.15, 0.2) is 133 Å². The van der Waals surface area contributed by atoms with Crippen LogP contribution in [0, 0.1) is 11.8 Å². The Balaban J connectivity index is 0.000000208. The number of carbonyl (C=O) groups excluding carboxylic acids is 1. The van der Waals surface area contributed by atoms with Crippen LogP contribution in [0.25, 0.3) is 0 Å². The summed E-state index contributed by atoms with van der Waals surface area (Å²) >= 11 is 0. The molecule has 0 spiro atoms. The second kappa shape index (κ2) is 20.9. The summed E-state index contributed by atoms with van der Waals surface area (Å²) in [6.45, 7) is 9.33. The molecule has 2 aliphatic rings. The fraction of sp³-hybridized carbons (Fsp3) is 0.400. The second-order valence-corrected chi connectivity index (χ2v) is 13.7. The van der Waals surface area contributed by atoms with E-state index in [1.165, 1.54) is 0 Å². The molecule has 4 aromatic rings. The third-order valence-corrected chi connectivity index (χ3v) is 9.95. The summed E-state index contributed by atoms with van der Waals surface area (Å²) < 4.78 is 62.7. The molecule has 0 saturated carbocycles. The smallest absolute Gasteiger partial charge is 0.338 e. The molecule has 2 unspecified atom stereocenters. The minimum absolute atomic E-state index is 0.0715. The normalized spacial score (nSPS) is 25.1. The molecular weight excluding hydrogens is 690 g/mol. The minimum atomic E-state index is -1.85. The van der Waals surface area contributed by atoms with Gasteiger partial charge in [0.2, 0.25) is 0 Å². The number of rotatable bonds is 14. The molecule has 0 bridgehead atoms. The Morgan fingerprint density at radius 3 is 1.22 bits per heavy atom. The molecular formula is C45H52F2O7. The number of carbonyl (C=O) groups is 1. The van der Waals surface area contributed by atoms with E-state index in [-0.39, 0.29) is 42.7 Å². The number of cyclic esters (lactones) is 1. The topological polar surface area (TPSA) is 72.5 Å². The van der Waals surface area contributed by atoms with Gasteiger partial charge in [-0.15, -0.1) is 0 Å². The molecule has 2 aliphatic heterocycles. The lowest BCUT2D eigenvalue weighted by Crippen LogP contribution is -2.53. The number of ether oxygens (including phenoxy) is 6. The molecule has 2 fully saturated rings. The zero-order valence-electron chi connectivity index (χ0n) is 31.5. The summed E-state index contributed by atoms with van der Waals surface area (Å²) in [5.41, 5.74) is 4.00.